The second kappa shape index (κ2) is 5.76. The Morgan fingerprint density at radius 1 is 1.50 bits per heavy atom. The summed E-state index contributed by atoms with van der Waals surface area (Å²) in [6.07, 6.45) is 5.30. The van der Waals surface area contributed by atoms with Gasteiger partial charge in [0.15, 0.2) is 0 Å². The summed E-state index contributed by atoms with van der Waals surface area (Å²) in [5.74, 6) is 0.385. The van der Waals surface area contributed by atoms with E-state index in [0.29, 0.717) is 6.54 Å². The molecule has 0 fully saturated rings. The predicted molar refractivity (Wildman–Crippen MR) is 73.7 cm³/mol. The SMILES string of the molecule is C#CCC(N)C(=O)N1Cc2ccccc2C(C(=O)O)C1. The van der Waals surface area contributed by atoms with E-state index in [1.165, 1.54) is 4.90 Å². The zero-order valence-electron chi connectivity index (χ0n) is 11.0. The molecular weight excluding hydrogens is 256 g/mol. The highest BCUT2D eigenvalue weighted by molar-refractivity contribution is 5.84. The second-order valence-electron chi connectivity index (χ2n) is 4.82. The van der Waals surface area contributed by atoms with Gasteiger partial charge >= 0.3 is 5.97 Å². The van der Waals surface area contributed by atoms with Gasteiger partial charge in [0.2, 0.25) is 5.91 Å². The minimum absolute atomic E-state index is 0.128. The summed E-state index contributed by atoms with van der Waals surface area (Å²) >= 11 is 0. The summed E-state index contributed by atoms with van der Waals surface area (Å²) < 4.78 is 0. The van der Waals surface area contributed by atoms with Gasteiger partial charge in [0.1, 0.15) is 0 Å². The molecule has 2 atom stereocenters. The number of rotatable bonds is 3. The first kappa shape index (κ1) is 14.1. The molecule has 20 heavy (non-hydrogen) atoms. The van der Waals surface area contributed by atoms with Gasteiger partial charge < -0.3 is 15.7 Å². The summed E-state index contributed by atoms with van der Waals surface area (Å²) in [5, 5.41) is 9.32. The number of carbonyl (C=O) groups is 2. The van der Waals surface area contributed by atoms with Crippen LogP contribution >= 0.6 is 0 Å². The molecule has 0 saturated heterocycles. The van der Waals surface area contributed by atoms with Gasteiger partial charge in [-0.15, -0.1) is 12.3 Å². The van der Waals surface area contributed by atoms with Crippen molar-refractivity contribution in [1.82, 2.24) is 4.90 Å². The van der Waals surface area contributed by atoms with Crippen LogP contribution in [0.5, 0.6) is 0 Å². The number of aliphatic carboxylic acids is 1. The molecule has 104 valence electrons. The topological polar surface area (TPSA) is 83.6 Å². The van der Waals surface area contributed by atoms with Gasteiger partial charge in [-0.05, 0) is 11.1 Å². The van der Waals surface area contributed by atoms with Gasteiger partial charge in [-0.3, -0.25) is 9.59 Å². The number of hydrogen-bond donors (Lipinski definition) is 2. The first-order valence-electron chi connectivity index (χ1n) is 6.33. The number of carboxylic acids is 1. The first-order valence-corrected chi connectivity index (χ1v) is 6.33. The van der Waals surface area contributed by atoms with E-state index >= 15 is 0 Å². The highest BCUT2D eigenvalue weighted by atomic mass is 16.4. The van der Waals surface area contributed by atoms with Crippen molar-refractivity contribution < 1.29 is 14.7 Å². The Morgan fingerprint density at radius 3 is 2.85 bits per heavy atom. The highest BCUT2D eigenvalue weighted by Gasteiger charge is 2.33. The molecule has 2 unspecified atom stereocenters. The van der Waals surface area contributed by atoms with E-state index in [0.717, 1.165) is 11.1 Å². The lowest BCUT2D eigenvalue weighted by Gasteiger charge is -2.34. The molecule has 5 heteroatoms. The molecule has 1 aliphatic heterocycles. The van der Waals surface area contributed by atoms with Gasteiger partial charge in [-0.25, -0.2) is 0 Å². The van der Waals surface area contributed by atoms with Crippen LogP contribution in [-0.4, -0.2) is 34.5 Å². The summed E-state index contributed by atoms with van der Waals surface area (Å²) in [6.45, 7) is 0.501. The number of nitrogens with two attached hydrogens (primary N) is 1. The highest BCUT2D eigenvalue weighted by Crippen LogP contribution is 2.28. The normalized spacial score (nSPS) is 18.8. The summed E-state index contributed by atoms with van der Waals surface area (Å²) in [4.78, 5) is 25.0. The maximum absolute atomic E-state index is 12.2. The van der Waals surface area contributed by atoms with Gasteiger partial charge in [0.05, 0.1) is 12.0 Å². The van der Waals surface area contributed by atoms with Crippen molar-refractivity contribution in [2.75, 3.05) is 6.54 Å². The van der Waals surface area contributed by atoms with Crippen molar-refractivity contribution in [3.05, 3.63) is 35.4 Å². The number of nitrogens with zero attached hydrogens (tertiary/aromatic N) is 1. The Labute approximate surface area is 117 Å². The zero-order chi connectivity index (χ0) is 14.7. The van der Waals surface area contributed by atoms with Crippen LogP contribution in [-0.2, 0) is 16.1 Å². The van der Waals surface area contributed by atoms with Crippen LogP contribution in [0.15, 0.2) is 24.3 Å². The van der Waals surface area contributed by atoms with Crippen molar-refractivity contribution in [2.45, 2.75) is 24.9 Å². The van der Waals surface area contributed by atoms with Gasteiger partial charge in [0.25, 0.3) is 0 Å². The third-order valence-electron chi connectivity index (χ3n) is 3.46. The number of amides is 1. The number of carbonyl (C=O) groups excluding carboxylic acids is 1. The number of carboxylic acid groups (broad SMARTS) is 1. The number of hydrogen-bond acceptors (Lipinski definition) is 3. The maximum Gasteiger partial charge on any atom is 0.312 e. The summed E-state index contributed by atoms with van der Waals surface area (Å²) in [7, 11) is 0. The smallest absolute Gasteiger partial charge is 0.312 e. The quantitative estimate of drug-likeness (QED) is 0.787. The molecule has 1 amide bonds. The Balaban J connectivity index is 2.27. The van der Waals surface area contributed by atoms with Crippen LogP contribution in [0.3, 0.4) is 0 Å². The van der Waals surface area contributed by atoms with E-state index in [2.05, 4.69) is 5.92 Å². The molecule has 0 aliphatic carbocycles. The molecule has 1 aliphatic rings. The van der Waals surface area contributed by atoms with Gasteiger partial charge in [-0.1, -0.05) is 24.3 Å². The fraction of sp³-hybridized carbons (Fsp3) is 0.333. The molecule has 1 aromatic carbocycles. The molecule has 0 spiro atoms. The molecular formula is C15H16N2O3. The van der Waals surface area contributed by atoms with Crippen molar-refractivity contribution >= 4 is 11.9 Å². The van der Waals surface area contributed by atoms with Crippen LogP contribution in [0.1, 0.15) is 23.5 Å². The van der Waals surface area contributed by atoms with Crippen LogP contribution in [0.4, 0.5) is 0 Å². The van der Waals surface area contributed by atoms with Crippen molar-refractivity contribution in [2.24, 2.45) is 5.73 Å². The molecule has 0 bridgehead atoms. The second-order valence-corrected chi connectivity index (χ2v) is 4.82. The third-order valence-corrected chi connectivity index (χ3v) is 3.46. The molecule has 0 radical (unpaired) electrons. The molecule has 2 rings (SSSR count). The van der Waals surface area contributed by atoms with E-state index in [1.807, 2.05) is 12.1 Å². The average Bonchev–Trinajstić information content (AvgIpc) is 2.45. The minimum atomic E-state index is -0.944. The monoisotopic (exact) mass is 272 g/mol. The predicted octanol–water partition coefficient (Wildman–Crippen LogP) is 0.548. The Kier molecular flexibility index (Phi) is 4.06. The Hall–Kier alpha value is -2.32. The van der Waals surface area contributed by atoms with Gasteiger partial charge in [0, 0.05) is 19.5 Å². The van der Waals surface area contributed by atoms with E-state index in [4.69, 9.17) is 12.2 Å². The fourth-order valence-electron chi connectivity index (χ4n) is 2.43. The van der Waals surface area contributed by atoms with Crippen LogP contribution in [0.2, 0.25) is 0 Å². The molecule has 1 aromatic rings. The lowest BCUT2D eigenvalue weighted by atomic mass is 9.89. The summed E-state index contributed by atoms with van der Waals surface area (Å²) in [6, 6.07) is 6.47. The van der Waals surface area contributed by atoms with E-state index in [-0.39, 0.29) is 18.9 Å². The Bertz CT molecular complexity index is 577. The number of fused-ring (bicyclic) bond motifs is 1. The van der Waals surface area contributed by atoms with E-state index in [1.54, 1.807) is 12.1 Å². The number of terminal acetylenes is 1. The van der Waals surface area contributed by atoms with Crippen molar-refractivity contribution in [1.29, 1.82) is 0 Å². The fourth-order valence-corrected chi connectivity index (χ4v) is 2.43. The maximum atomic E-state index is 12.2. The lowest BCUT2D eigenvalue weighted by Crippen LogP contribution is -2.47. The molecule has 5 nitrogen and oxygen atoms in total. The molecule has 0 aromatic heterocycles. The lowest BCUT2D eigenvalue weighted by molar-refractivity contribution is -0.141. The zero-order valence-corrected chi connectivity index (χ0v) is 11.0. The van der Waals surface area contributed by atoms with E-state index < -0.39 is 17.9 Å². The van der Waals surface area contributed by atoms with Gasteiger partial charge in [-0.2, -0.15) is 0 Å². The van der Waals surface area contributed by atoms with Crippen LogP contribution in [0.25, 0.3) is 0 Å². The molecule has 1 heterocycles. The summed E-state index contributed by atoms with van der Waals surface area (Å²) in [5.41, 5.74) is 7.32. The van der Waals surface area contributed by atoms with Crippen molar-refractivity contribution in [3.63, 3.8) is 0 Å². The van der Waals surface area contributed by atoms with E-state index in [9.17, 15) is 14.7 Å². The molecule has 3 N–H and O–H groups in total. The van der Waals surface area contributed by atoms with Crippen LogP contribution in [0, 0.1) is 12.3 Å². The Morgan fingerprint density at radius 2 is 2.20 bits per heavy atom. The average molecular weight is 272 g/mol. The minimum Gasteiger partial charge on any atom is -0.481 e. The molecule has 0 saturated carbocycles. The van der Waals surface area contributed by atoms with Crippen molar-refractivity contribution in [3.8, 4) is 12.3 Å². The number of benzene rings is 1. The standard InChI is InChI=1S/C15H16N2O3/c1-2-5-13(16)14(18)17-8-10-6-3-4-7-11(10)12(9-17)15(19)20/h1,3-4,6-7,12-13H,5,8-9,16H2,(H,19,20). The largest absolute Gasteiger partial charge is 0.481 e. The van der Waals surface area contributed by atoms with Crippen LogP contribution < -0.4 is 5.73 Å². The third kappa shape index (κ3) is 2.65. The first-order chi connectivity index (χ1) is 9.54.